The van der Waals surface area contributed by atoms with Gasteiger partial charge in [-0.1, -0.05) is 0 Å². The summed E-state index contributed by atoms with van der Waals surface area (Å²) in [5, 5.41) is 1.05. The van der Waals surface area contributed by atoms with E-state index in [1.807, 2.05) is 17.2 Å². The van der Waals surface area contributed by atoms with E-state index in [4.69, 9.17) is 0 Å². The van der Waals surface area contributed by atoms with Gasteiger partial charge in [0.2, 0.25) is 0 Å². The number of hydrogen-bond acceptors (Lipinski definition) is 6. The van der Waals surface area contributed by atoms with Crippen molar-refractivity contribution in [2.45, 2.75) is 16.7 Å². The highest BCUT2D eigenvalue weighted by Gasteiger charge is 2.28. The monoisotopic (exact) mass is 326 g/mol. The molecule has 1 amide bonds. The third kappa shape index (κ3) is 4.14. The van der Waals surface area contributed by atoms with Gasteiger partial charge < -0.3 is 9.64 Å². The molecule has 114 valence electrons. The largest absolute Gasteiger partial charge is 0.468 e. The molecule has 1 aromatic rings. The standard InChI is InChI=1S/C14H18N2O3S2/c1-19-12(17)9-21-10-5-7-16(8-10)14(18)11-4-3-6-15-13(11)20-2/h3-4,6,10H,5,7-9H2,1-2H3. The lowest BCUT2D eigenvalue weighted by Crippen LogP contribution is -2.29. The Morgan fingerprint density at radius 2 is 2.33 bits per heavy atom. The Hall–Kier alpha value is -1.21. The van der Waals surface area contributed by atoms with E-state index in [1.54, 1.807) is 24.0 Å². The molecule has 21 heavy (non-hydrogen) atoms. The van der Waals surface area contributed by atoms with Crippen molar-refractivity contribution in [1.29, 1.82) is 0 Å². The van der Waals surface area contributed by atoms with Crippen molar-refractivity contribution in [2.75, 3.05) is 32.2 Å². The molecule has 5 nitrogen and oxygen atoms in total. The van der Waals surface area contributed by atoms with Crippen LogP contribution in [0.4, 0.5) is 0 Å². The molecule has 0 bridgehead atoms. The highest BCUT2D eigenvalue weighted by Crippen LogP contribution is 2.26. The quantitative estimate of drug-likeness (QED) is 0.609. The number of carbonyl (C=O) groups is 2. The van der Waals surface area contributed by atoms with Crippen LogP contribution in [0.15, 0.2) is 23.4 Å². The molecule has 1 unspecified atom stereocenters. The highest BCUT2D eigenvalue weighted by molar-refractivity contribution is 8.00. The molecule has 0 aromatic carbocycles. The zero-order valence-electron chi connectivity index (χ0n) is 12.1. The number of methoxy groups -OCH3 is 1. The maximum atomic E-state index is 12.5. The Balaban J connectivity index is 1.94. The zero-order chi connectivity index (χ0) is 15.2. The molecule has 1 atom stereocenters. The fourth-order valence-corrected chi connectivity index (χ4v) is 3.77. The molecule has 1 saturated heterocycles. The van der Waals surface area contributed by atoms with Crippen LogP contribution in [-0.2, 0) is 9.53 Å². The Morgan fingerprint density at radius 3 is 3.05 bits per heavy atom. The second-order valence-electron chi connectivity index (χ2n) is 4.61. The minimum atomic E-state index is -0.221. The van der Waals surface area contributed by atoms with E-state index in [1.165, 1.54) is 18.9 Å². The van der Waals surface area contributed by atoms with Crippen LogP contribution in [0.1, 0.15) is 16.8 Å². The van der Waals surface area contributed by atoms with E-state index in [2.05, 4.69) is 9.72 Å². The maximum Gasteiger partial charge on any atom is 0.315 e. The SMILES string of the molecule is COC(=O)CSC1CCN(C(=O)c2cccnc2SC)C1. The molecule has 0 N–H and O–H groups in total. The van der Waals surface area contributed by atoms with Crippen LogP contribution in [0.3, 0.4) is 0 Å². The minimum Gasteiger partial charge on any atom is -0.468 e. The summed E-state index contributed by atoms with van der Waals surface area (Å²) in [4.78, 5) is 29.8. The van der Waals surface area contributed by atoms with E-state index in [0.717, 1.165) is 18.0 Å². The van der Waals surface area contributed by atoms with E-state index >= 15 is 0 Å². The summed E-state index contributed by atoms with van der Waals surface area (Å²) in [5.41, 5.74) is 0.656. The van der Waals surface area contributed by atoms with Gasteiger partial charge in [-0.3, -0.25) is 9.59 Å². The van der Waals surface area contributed by atoms with Crippen molar-refractivity contribution in [3.8, 4) is 0 Å². The normalized spacial score (nSPS) is 17.8. The van der Waals surface area contributed by atoms with Crippen LogP contribution in [0.5, 0.6) is 0 Å². The first-order valence-electron chi connectivity index (χ1n) is 6.62. The first-order valence-corrected chi connectivity index (χ1v) is 8.89. The number of hydrogen-bond donors (Lipinski definition) is 0. The van der Waals surface area contributed by atoms with Crippen LogP contribution in [0, 0.1) is 0 Å². The molecule has 1 fully saturated rings. The minimum absolute atomic E-state index is 0.0219. The van der Waals surface area contributed by atoms with Gasteiger partial charge in [-0.15, -0.1) is 23.5 Å². The third-order valence-corrected chi connectivity index (χ3v) is 5.26. The Labute approximate surface area is 132 Å². The van der Waals surface area contributed by atoms with Crippen molar-refractivity contribution in [3.05, 3.63) is 23.9 Å². The lowest BCUT2D eigenvalue weighted by molar-refractivity contribution is -0.137. The number of aromatic nitrogens is 1. The summed E-state index contributed by atoms with van der Waals surface area (Å²) < 4.78 is 4.63. The van der Waals surface area contributed by atoms with Crippen LogP contribution in [0.25, 0.3) is 0 Å². The number of rotatable bonds is 5. The molecule has 7 heteroatoms. The van der Waals surface area contributed by atoms with Gasteiger partial charge in [-0.2, -0.15) is 0 Å². The summed E-state index contributed by atoms with van der Waals surface area (Å²) in [6, 6.07) is 3.60. The number of nitrogens with zero attached hydrogens (tertiary/aromatic N) is 2. The topological polar surface area (TPSA) is 59.5 Å². The lowest BCUT2D eigenvalue weighted by Gasteiger charge is -2.17. The average molecular weight is 326 g/mol. The van der Waals surface area contributed by atoms with Crippen LogP contribution in [0.2, 0.25) is 0 Å². The molecule has 0 aliphatic carbocycles. The zero-order valence-corrected chi connectivity index (χ0v) is 13.7. The number of esters is 1. The molecule has 0 saturated carbocycles. The van der Waals surface area contributed by atoms with Crippen LogP contribution in [-0.4, -0.2) is 59.2 Å². The van der Waals surface area contributed by atoms with Crippen LogP contribution >= 0.6 is 23.5 Å². The van der Waals surface area contributed by atoms with Crippen molar-refractivity contribution >= 4 is 35.4 Å². The molecular weight excluding hydrogens is 308 g/mol. The summed E-state index contributed by atoms with van der Waals surface area (Å²) >= 11 is 3.03. The summed E-state index contributed by atoms with van der Waals surface area (Å²) in [5.74, 6) is 0.141. The van der Waals surface area contributed by atoms with Crippen molar-refractivity contribution in [3.63, 3.8) is 0 Å². The molecule has 1 aliphatic heterocycles. The predicted molar refractivity (Wildman–Crippen MR) is 84.8 cm³/mol. The first kappa shape index (κ1) is 16.2. The molecule has 1 aliphatic rings. The summed E-state index contributed by atoms with van der Waals surface area (Å²) in [6.45, 7) is 1.39. The average Bonchev–Trinajstić information content (AvgIpc) is 3.00. The number of amides is 1. The molecule has 1 aromatic heterocycles. The van der Waals surface area contributed by atoms with Gasteiger partial charge in [0.25, 0.3) is 5.91 Å². The number of thioether (sulfide) groups is 2. The first-order chi connectivity index (χ1) is 10.2. The molecule has 0 radical (unpaired) electrons. The van der Waals surface area contributed by atoms with Gasteiger partial charge in [0, 0.05) is 24.5 Å². The molecule has 0 spiro atoms. The van der Waals surface area contributed by atoms with Gasteiger partial charge >= 0.3 is 5.97 Å². The van der Waals surface area contributed by atoms with Crippen molar-refractivity contribution in [1.82, 2.24) is 9.88 Å². The van der Waals surface area contributed by atoms with Crippen molar-refractivity contribution in [2.24, 2.45) is 0 Å². The van der Waals surface area contributed by atoms with Crippen molar-refractivity contribution < 1.29 is 14.3 Å². The van der Waals surface area contributed by atoms with Crippen LogP contribution < -0.4 is 0 Å². The molecule has 2 heterocycles. The molecule has 2 rings (SSSR count). The number of ether oxygens (including phenoxy) is 1. The van der Waals surface area contributed by atoms with Gasteiger partial charge in [-0.25, -0.2) is 4.98 Å². The fraction of sp³-hybridized carbons (Fsp3) is 0.500. The third-order valence-electron chi connectivity index (χ3n) is 3.29. The Bertz CT molecular complexity index is 525. The van der Waals surface area contributed by atoms with E-state index in [0.29, 0.717) is 23.1 Å². The maximum absolute atomic E-state index is 12.5. The number of likely N-dealkylation sites (tertiary alicyclic amines) is 1. The fourth-order valence-electron chi connectivity index (χ4n) is 2.18. The van der Waals surface area contributed by atoms with Gasteiger partial charge in [0.05, 0.1) is 18.4 Å². The van der Waals surface area contributed by atoms with E-state index in [9.17, 15) is 9.59 Å². The summed E-state index contributed by atoms with van der Waals surface area (Å²) in [6.07, 6.45) is 4.52. The van der Waals surface area contributed by atoms with E-state index < -0.39 is 0 Å². The van der Waals surface area contributed by atoms with Gasteiger partial charge in [0.1, 0.15) is 5.03 Å². The second-order valence-corrected chi connectivity index (χ2v) is 6.69. The number of carbonyl (C=O) groups excluding carboxylic acids is 2. The van der Waals surface area contributed by atoms with E-state index in [-0.39, 0.29) is 11.9 Å². The molecular formula is C14H18N2O3S2. The lowest BCUT2D eigenvalue weighted by atomic mass is 10.2. The smallest absolute Gasteiger partial charge is 0.315 e. The second kappa shape index (κ2) is 7.70. The highest BCUT2D eigenvalue weighted by atomic mass is 32.2. The summed E-state index contributed by atoms with van der Waals surface area (Å²) in [7, 11) is 1.39. The Kier molecular flexibility index (Phi) is 5.93. The predicted octanol–water partition coefficient (Wildman–Crippen LogP) is 1.92. The van der Waals surface area contributed by atoms with Gasteiger partial charge in [0.15, 0.2) is 0 Å². The van der Waals surface area contributed by atoms with Gasteiger partial charge in [-0.05, 0) is 24.8 Å². The number of pyridine rings is 1. The Morgan fingerprint density at radius 1 is 1.52 bits per heavy atom.